The highest BCUT2D eigenvalue weighted by atomic mass is 35.5. The van der Waals surface area contributed by atoms with Crippen LogP contribution >= 0.6 is 34.8 Å². The molecule has 1 fully saturated rings. The van der Waals surface area contributed by atoms with Crippen LogP contribution in [0.3, 0.4) is 0 Å². The molecule has 0 heterocycles. The van der Waals surface area contributed by atoms with Crippen LogP contribution in [0.4, 0.5) is 0 Å². The second kappa shape index (κ2) is 7.87. The maximum absolute atomic E-state index is 12.3. The van der Waals surface area contributed by atoms with Gasteiger partial charge in [-0.15, -0.1) is 0 Å². The highest BCUT2D eigenvalue weighted by molar-refractivity contribution is 6.65. The number of ether oxygens (including phenoxy) is 1. The Kier molecular flexibility index (Phi) is 6.35. The van der Waals surface area contributed by atoms with E-state index in [9.17, 15) is 4.79 Å². The summed E-state index contributed by atoms with van der Waals surface area (Å²) < 4.78 is 3.87. The number of rotatable bonds is 5. The van der Waals surface area contributed by atoms with Crippen molar-refractivity contribution in [2.45, 2.75) is 41.8 Å². The number of carbonyl (C=O) groups excluding carboxylic acids is 1. The normalized spacial score (nSPS) is 25.3. The number of aliphatic imine (C=N–C) groups is 1. The van der Waals surface area contributed by atoms with Crippen LogP contribution in [0.25, 0.3) is 0 Å². The fourth-order valence-electron chi connectivity index (χ4n) is 2.71. The molecule has 1 saturated carbocycles. The van der Waals surface area contributed by atoms with Crippen LogP contribution in [0, 0.1) is 0 Å². The lowest BCUT2D eigenvalue weighted by Gasteiger charge is -2.37. The summed E-state index contributed by atoms with van der Waals surface area (Å²) in [6, 6.07) is 9.95. The van der Waals surface area contributed by atoms with Gasteiger partial charge in [-0.25, -0.2) is 4.79 Å². The van der Waals surface area contributed by atoms with Crippen molar-refractivity contribution in [2.75, 3.05) is 13.2 Å². The standard InChI is InChI=1S/C17H20Cl3NO2/c1-2-23-15(22)16(18)10-6-11-17(19,20)14(16)21-12-9-13-7-4-3-5-8-13/h3-5,7-8H,2,6,9-12H2,1H3. The molecular weight excluding hydrogens is 357 g/mol. The van der Waals surface area contributed by atoms with Gasteiger partial charge in [0.25, 0.3) is 0 Å². The predicted molar refractivity (Wildman–Crippen MR) is 96.0 cm³/mol. The topological polar surface area (TPSA) is 38.7 Å². The van der Waals surface area contributed by atoms with E-state index >= 15 is 0 Å². The Morgan fingerprint density at radius 2 is 1.91 bits per heavy atom. The van der Waals surface area contributed by atoms with Crippen LogP contribution in [0.1, 0.15) is 31.7 Å². The van der Waals surface area contributed by atoms with Crippen molar-refractivity contribution in [1.82, 2.24) is 0 Å². The number of hydrogen-bond acceptors (Lipinski definition) is 3. The zero-order chi connectivity index (χ0) is 16.9. The Morgan fingerprint density at radius 3 is 2.57 bits per heavy atom. The van der Waals surface area contributed by atoms with Crippen LogP contribution < -0.4 is 0 Å². The molecule has 0 N–H and O–H groups in total. The molecule has 6 heteroatoms. The number of benzene rings is 1. The van der Waals surface area contributed by atoms with E-state index in [0.717, 1.165) is 12.0 Å². The molecule has 0 amide bonds. The van der Waals surface area contributed by atoms with Gasteiger partial charge >= 0.3 is 5.97 Å². The second-order valence-corrected chi connectivity index (χ2v) is 7.67. The summed E-state index contributed by atoms with van der Waals surface area (Å²) >= 11 is 19.3. The van der Waals surface area contributed by atoms with Gasteiger partial charge in [-0.2, -0.15) is 0 Å². The summed E-state index contributed by atoms with van der Waals surface area (Å²) in [4.78, 5) is 15.4. The Hall–Kier alpha value is -0.770. The highest BCUT2D eigenvalue weighted by Crippen LogP contribution is 2.44. The third kappa shape index (κ3) is 4.40. The molecule has 0 spiro atoms. The average molecular weight is 377 g/mol. The molecule has 1 aliphatic rings. The molecule has 3 nitrogen and oxygen atoms in total. The fraction of sp³-hybridized carbons (Fsp3) is 0.529. The van der Waals surface area contributed by atoms with Gasteiger partial charge in [-0.05, 0) is 38.2 Å². The van der Waals surface area contributed by atoms with E-state index in [2.05, 4.69) is 4.99 Å². The lowest BCUT2D eigenvalue weighted by molar-refractivity contribution is -0.144. The lowest BCUT2D eigenvalue weighted by Crippen LogP contribution is -2.53. The highest BCUT2D eigenvalue weighted by Gasteiger charge is 2.54. The molecule has 1 aliphatic carbocycles. The second-order valence-electron chi connectivity index (χ2n) is 5.55. The molecule has 1 atom stereocenters. The van der Waals surface area contributed by atoms with Crippen molar-refractivity contribution < 1.29 is 9.53 Å². The quantitative estimate of drug-likeness (QED) is 0.558. The molecule has 0 bridgehead atoms. The van der Waals surface area contributed by atoms with E-state index in [1.54, 1.807) is 6.92 Å². The van der Waals surface area contributed by atoms with E-state index in [1.807, 2.05) is 30.3 Å². The summed E-state index contributed by atoms with van der Waals surface area (Å²) in [5.41, 5.74) is 1.47. The molecule has 0 aromatic heterocycles. The van der Waals surface area contributed by atoms with Gasteiger partial charge in [-0.3, -0.25) is 4.99 Å². The summed E-state index contributed by atoms with van der Waals surface area (Å²) in [6.45, 7) is 2.46. The van der Waals surface area contributed by atoms with E-state index in [4.69, 9.17) is 39.5 Å². The molecule has 1 aromatic carbocycles. The van der Waals surface area contributed by atoms with Crippen molar-refractivity contribution >= 4 is 46.5 Å². The first-order valence-electron chi connectivity index (χ1n) is 7.73. The number of halogens is 3. The number of hydrogen-bond donors (Lipinski definition) is 0. The Labute approximate surface area is 152 Å². The third-order valence-corrected chi connectivity index (χ3v) is 5.10. The summed E-state index contributed by atoms with van der Waals surface area (Å²) in [5, 5.41) is 0. The molecule has 1 unspecified atom stereocenters. The molecule has 1 aromatic rings. The average Bonchev–Trinajstić information content (AvgIpc) is 2.51. The molecule has 0 saturated heterocycles. The van der Waals surface area contributed by atoms with Crippen molar-refractivity contribution in [3.63, 3.8) is 0 Å². The summed E-state index contributed by atoms with van der Waals surface area (Å²) in [6.07, 6.45) is 2.32. The van der Waals surface area contributed by atoms with Crippen molar-refractivity contribution in [3.05, 3.63) is 35.9 Å². The SMILES string of the molecule is CCOC(=O)C1(Cl)CCCC(Cl)(Cl)C1=NCCc1ccccc1. The van der Waals surface area contributed by atoms with E-state index < -0.39 is 15.2 Å². The zero-order valence-electron chi connectivity index (χ0n) is 13.0. The first-order valence-corrected chi connectivity index (χ1v) is 8.87. The minimum Gasteiger partial charge on any atom is -0.464 e. The number of esters is 1. The lowest BCUT2D eigenvalue weighted by atomic mass is 9.85. The molecule has 126 valence electrons. The first kappa shape index (κ1) is 18.6. The van der Waals surface area contributed by atoms with Crippen LogP contribution in [0.15, 0.2) is 35.3 Å². The van der Waals surface area contributed by atoms with Crippen molar-refractivity contribution in [1.29, 1.82) is 0 Å². The van der Waals surface area contributed by atoms with Gasteiger partial charge in [0.2, 0.25) is 0 Å². The monoisotopic (exact) mass is 375 g/mol. The molecule has 0 aliphatic heterocycles. The third-order valence-electron chi connectivity index (χ3n) is 3.85. The van der Waals surface area contributed by atoms with Crippen LogP contribution in [0.5, 0.6) is 0 Å². The summed E-state index contributed by atoms with van der Waals surface area (Å²) in [7, 11) is 0. The van der Waals surface area contributed by atoms with Gasteiger partial charge in [0, 0.05) is 6.54 Å². The summed E-state index contributed by atoms with van der Waals surface area (Å²) in [5.74, 6) is -0.523. The minimum absolute atomic E-state index is 0.252. The maximum atomic E-state index is 12.3. The zero-order valence-corrected chi connectivity index (χ0v) is 15.3. The number of carbonyl (C=O) groups is 1. The molecule has 2 rings (SSSR count). The Balaban J connectivity index is 2.21. The Morgan fingerprint density at radius 1 is 1.22 bits per heavy atom. The first-order chi connectivity index (χ1) is 10.9. The van der Waals surface area contributed by atoms with Crippen LogP contribution in [-0.4, -0.2) is 34.0 Å². The molecule has 23 heavy (non-hydrogen) atoms. The maximum Gasteiger partial charge on any atom is 0.333 e. The van der Waals surface area contributed by atoms with Crippen molar-refractivity contribution in [2.24, 2.45) is 4.99 Å². The number of nitrogens with zero attached hydrogens (tertiary/aromatic N) is 1. The molecular formula is C17H20Cl3NO2. The van der Waals surface area contributed by atoms with Gasteiger partial charge in [-0.1, -0.05) is 65.1 Å². The fourth-order valence-corrected chi connectivity index (χ4v) is 3.92. The van der Waals surface area contributed by atoms with Crippen LogP contribution in [0.2, 0.25) is 0 Å². The van der Waals surface area contributed by atoms with Gasteiger partial charge in [0.15, 0.2) is 9.21 Å². The van der Waals surface area contributed by atoms with Gasteiger partial charge in [0.1, 0.15) is 0 Å². The van der Waals surface area contributed by atoms with Gasteiger partial charge in [0.05, 0.1) is 12.3 Å². The number of alkyl halides is 3. The van der Waals surface area contributed by atoms with Crippen LogP contribution in [-0.2, 0) is 16.0 Å². The predicted octanol–water partition coefficient (Wildman–Crippen LogP) is 4.57. The smallest absolute Gasteiger partial charge is 0.333 e. The van der Waals surface area contributed by atoms with Crippen molar-refractivity contribution in [3.8, 4) is 0 Å². The minimum atomic E-state index is -1.37. The van der Waals surface area contributed by atoms with E-state index in [1.165, 1.54) is 0 Å². The van der Waals surface area contributed by atoms with E-state index in [0.29, 0.717) is 31.5 Å². The Bertz CT molecular complexity index is 574. The van der Waals surface area contributed by atoms with E-state index in [-0.39, 0.29) is 6.61 Å². The molecule has 0 radical (unpaired) electrons. The van der Waals surface area contributed by atoms with Gasteiger partial charge < -0.3 is 4.74 Å². The largest absolute Gasteiger partial charge is 0.464 e.